The Kier molecular flexibility index (Phi) is 8.37. The van der Waals surface area contributed by atoms with E-state index in [0.29, 0.717) is 38.1 Å². The number of benzene rings is 2. The molecule has 5 rings (SSSR count). The smallest absolute Gasteiger partial charge is 0.257 e. The normalized spacial score (nSPS) is 24.1. The second kappa shape index (κ2) is 11.8. The Hall–Kier alpha value is -3.79. The third-order valence-electron chi connectivity index (χ3n) is 9.01. The number of carbonyl (C=O) groups is 4. The van der Waals surface area contributed by atoms with Crippen LogP contribution in [-0.2, 0) is 20.9 Å². The number of hydrogen-bond acceptors (Lipinski definition) is 6. The quantitative estimate of drug-likeness (QED) is 0.367. The van der Waals surface area contributed by atoms with E-state index >= 15 is 4.39 Å². The Balaban J connectivity index is 1.18. The van der Waals surface area contributed by atoms with Crippen LogP contribution < -0.4 is 16.0 Å². The van der Waals surface area contributed by atoms with Gasteiger partial charge >= 0.3 is 0 Å². The number of amides is 4. The number of aliphatic hydroxyl groups excluding tert-OH is 1. The van der Waals surface area contributed by atoms with Gasteiger partial charge in [-0.15, -0.1) is 0 Å². The third-order valence-corrected chi connectivity index (χ3v) is 9.01. The molecule has 2 aliphatic heterocycles. The van der Waals surface area contributed by atoms with Crippen molar-refractivity contribution in [1.82, 2.24) is 15.5 Å². The van der Waals surface area contributed by atoms with Gasteiger partial charge in [-0.2, -0.15) is 0 Å². The number of nitrogens with one attached hydrogen (secondary N) is 3. The van der Waals surface area contributed by atoms with E-state index in [1.54, 1.807) is 0 Å². The fourth-order valence-corrected chi connectivity index (χ4v) is 6.48. The Morgan fingerprint density at radius 1 is 1.07 bits per heavy atom. The molecule has 1 aliphatic carbocycles. The molecule has 42 heavy (non-hydrogen) atoms. The molecular weight excluding hydrogens is 539 g/mol. The van der Waals surface area contributed by atoms with Gasteiger partial charge in [0.05, 0.1) is 11.3 Å². The summed E-state index contributed by atoms with van der Waals surface area (Å²) >= 11 is 0. The summed E-state index contributed by atoms with van der Waals surface area (Å²) in [5.74, 6) is -2.05. The van der Waals surface area contributed by atoms with Crippen molar-refractivity contribution >= 4 is 29.3 Å². The van der Waals surface area contributed by atoms with Crippen molar-refractivity contribution in [3.8, 4) is 0 Å². The van der Waals surface area contributed by atoms with Gasteiger partial charge in [-0.1, -0.05) is 26.0 Å². The molecule has 2 aromatic rings. The van der Waals surface area contributed by atoms with Crippen molar-refractivity contribution in [2.24, 2.45) is 5.92 Å². The van der Waals surface area contributed by atoms with Gasteiger partial charge in [0.2, 0.25) is 17.7 Å². The van der Waals surface area contributed by atoms with Gasteiger partial charge in [-0.05, 0) is 86.3 Å². The maximum absolute atomic E-state index is 15.1. The molecule has 2 atom stereocenters. The zero-order valence-corrected chi connectivity index (χ0v) is 24.6. The Labute approximate surface area is 245 Å². The van der Waals surface area contributed by atoms with Crippen LogP contribution in [0.5, 0.6) is 0 Å². The van der Waals surface area contributed by atoms with Crippen LogP contribution in [0.3, 0.4) is 0 Å². The summed E-state index contributed by atoms with van der Waals surface area (Å²) in [7, 11) is 0. The summed E-state index contributed by atoms with van der Waals surface area (Å²) in [4.78, 5) is 50.8. The molecule has 3 aliphatic rings. The first-order valence-corrected chi connectivity index (χ1v) is 14.8. The highest BCUT2D eigenvalue weighted by atomic mass is 19.1. The van der Waals surface area contributed by atoms with Crippen LogP contribution in [0.4, 0.5) is 10.1 Å². The largest absolute Gasteiger partial charge is 0.380 e. The minimum Gasteiger partial charge on any atom is -0.380 e. The van der Waals surface area contributed by atoms with Crippen LogP contribution in [0, 0.1) is 25.6 Å². The van der Waals surface area contributed by atoms with E-state index in [9.17, 15) is 24.3 Å². The van der Waals surface area contributed by atoms with Crippen LogP contribution in [0.1, 0.15) is 103 Å². The average Bonchev–Trinajstić information content (AvgIpc) is 3.18. The monoisotopic (exact) mass is 578 g/mol. The lowest BCUT2D eigenvalue weighted by Gasteiger charge is -2.32. The molecule has 1 saturated heterocycles. The van der Waals surface area contributed by atoms with E-state index in [0.717, 1.165) is 16.5 Å². The van der Waals surface area contributed by atoms with Crippen molar-refractivity contribution < 1.29 is 28.7 Å². The number of piperidine rings is 1. The first-order chi connectivity index (χ1) is 19.9. The highest BCUT2D eigenvalue weighted by molar-refractivity contribution is 6.06. The summed E-state index contributed by atoms with van der Waals surface area (Å²) in [6.45, 7) is 9.05. The molecule has 0 aromatic heterocycles. The fourth-order valence-electron chi connectivity index (χ4n) is 6.48. The van der Waals surface area contributed by atoms with Crippen molar-refractivity contribution in [2.45, 2.75) is 97.0 Å². The molecule has 224 valence electrons. The molecule has 1 saturated carbocycles. The first kappa shape index (κ1) is 29.7. The van der Waals surface area contributed by atoms with Crippen molar-refractivity contribution in [3.05, 3.63) is 63.5 Å². The van der Waals surface area contributed by atoms with E-state index in [1.807, 2.05) is 0 Å². The Bertz CT molecular complexity index is 1430. The summed E-state index contributed by atoms with van der Waals surface area (Å²) < 4.78 is 15.1. The summed E-state index contributed by atoms with van der Waals surface area (Å²) in [6.07, 6.45) is 1.37. The topological polar surface area (TPSA) is 128 Å². The predicted molar refractivity (Wildman–Crippen MR) is 155 cm³/mol. The first-order valence-electron chi connectivity index (χ1n) is 14.8. The molecule has 2 fully saturated rings. The van der Waals surface area contributed by atoms with Gasteiger partial charge in [-0.25, -0.2) is 4.39 Å². The lowest BCUT2D eigenvalue weighted by Crippen LogP contribution is -2.53. The minimum absolute atomic E-state index is 0.0000791. The average molecular weight is 579 g/mol. The van der Waals surface area contributed by atoms with Crippen LogP contribution in [-0.4, -0.2) is 45.7 Å². The number of aliphatic hydroxyl groups is 1. The van der Waals surface area contributed by atoms with Gasteiger partial charge in [0, 0.05) is 30.5 Å². The van der Waals surface area contributed by atoms with E-state index in [1.165, 1.54) is 22.8 Å². The second-order valence-electron chi connectivity index (χ2n) is 12.2. The van der Waals surface area contributed by atoms with E-state index in [-0.39, 0.29) is 47.5 Å². The number of aryl methyl sites for hydroxylation is 1. The van der Waals surface area contributed by atoms with Gasteiger partial charge in [0.15, 0.2) is 6.23 Å². The Morgan fingerprint density at radius 2 is 1.79 bits per heavy atom. The summed E-state index contributed by atoms with van der Waals surface area (Å²) in [6, 6.07) is 5.73. The number of fused-ring (bicyclic) bond motifs is 1. The molecule has 9 nitrogen and oxygen atoms in total. The lowest BCUT2D eigenvalue weighted by atomic mass is 9.85. The van der Waals surface area contributed by atoms with Crippen LogP contribution in [0.15, 0.2) is 24.3 Å². The van der Waals surface area contributed by atoms with Crippen molar-refractivity contribution in [3.63, 3.8) is 0 Å². The standard InChI is InChI=1S/C32H39FN4O5/c1-16(2)22-12-19(11-17(3)18(22)4)15-34-29(39)20-5-7-21(8-6-20)35-26-14-24-23(13-25(26)33)31(41)37(32(24)42)27-9-10-28(38)36-30(27)40/h11-14,16,20-21,27,32,35,42H,5-10,15H2,1-4H3,(H,34,39)(H,36,38,40). The molecule has 0 spiro atoms. The van der Waals surface area contributed by atoms with E-state index < -0.39 is 35.8 Å². The third kappa shape index (κ3) is 5.77. The van der Waals surface area contributed by atoms with Crippen LogP contribution in [0.2, 0.25) is 0 Å². The van der Waals surface area contributed by atoms with Crippen molar-refractivity contribution in [2.75, 3.05) is 5.32 Å². The van der Waals surface area contributed by atoms with Crippen LogP contribution in [0.25, 0.3) is 0 Å². The van der Waals surface area contributed by atoms with E-state index in [4.69, 9.17) is 0 Å². The molecule has 4 amide bonds. The lowest BCUT2D eigenvalue weighted by molar-refractivity contribution is -0.139. The molecule has 2 unspecified atom stereocenters. The van der Waals surface area contributed by atoms with E-state index in [2.05, 4.69) is 55.8 Å². The predicted octanol–water partition coefficient (Wildman–Crippen LogP) is 4.10. The number of halogens is 1. The number of anilines is 1. The fraction of sp³-hybridized carbons (Fsp3) is 0.500. The highest BCUT2D eigenvalue weighted by Crippen LogP contribution is 2.38. The van der Waals surface area contributed by atoms with Crippen molar-refractivity contribution in [1.29, 1.82) is 0 Å². The molecule has 4 N–H and O–H groups in total. The molecule has 2 aromatic carbocycles. The summed E-state index contributed by atoms with van der Waals surface area (Å²) in [5.41, 5.74) is 5.28. The van der Waals surface area contributed by atoms with Gasteiger partial charge in [-0.3, -0.25) is 29.4 Å². The maximum Gasteiger partial charge on any atom is 0.257 e. The zero-order chi connectivity index (χ0) is 30.3. The summed E-state index contributed by atoms with van der Waals surface area (Å²) in [5, 5.41) is 19.4. The zero-order valence-electron chi connectivity index (χ0n) is 24.6. The minimum atomic E-state index is -1.43. The molecule has 2 heterocycles. The van der Waals surface area contributed by atoms with Crippen LogP contribution >= 0.6 is 0 Å². The number of hydrogen-bond donors (Lipinski definition) is 4. The van der Waals surface area contributed by atoms with Gasteiger partial charge in [0.1, 0.15) is 11.9 Å². The molecule has 0 radical (unpaired) electrons. The van der Waals surface area contributed by atoms with Gasteiger partial charge < -0.3 is 15.7 Å². The van der Waals surface area contributed by atoms with Gasteiger partial charge in [0.25, 0.3) is 5.91 Å². The molecule has 10 heteroatoms. The SMILES string of the molecule is Cc1cc(CNC(=O)C2CCC(Nc3cc4c(cc3F)C(=O)N(C3CCC(=O)NC3=O)C4O)CC2)cc(C(C)C)c1C. The Morgan fingerprint density at radius 3 is 2.45 bits per heavy atom. The molecule has 0 bridgehead atoms. The highest BCUT2D eigenvalue weighted by Gasteiger charge is 2.45. The number of carbonyl (C=O) groups excluding carboxylic acids is 4. The number of rotatable bonds is 7. The number of imide groups is 1. The molecular formula is C32H39FN4O5. The maximum atomic E-state index is 15.1. The number of nitrogens with zero attached hydrogens (tertiary/aromatic N) is 1. The second-order valence-corrected chi connectivity index (χ2v) is 12.2.